The highest BCUT2D eigenvalue weighted by Gasteiger charge is 2.36. The minimum Gasteiger partial charge on any atom is -0.371 e. The highest BCUT2D eigenvalue weighted by Crippen LogP contribution is 2.33. The normalized spacial score (nSPS) is 22.1. The molecule has 4 rings (SSSR count). The molecule has 0 saturated carbocycles. The Morgan fingerprint density at radius 3 is 2.61 bits per heavy atom. The molecule has 2 heterocycles. The van der Waals surface area contributed by atoms with Crippen LogP contribution in [0.5, 0.6) is 0 Å². The van der Waals surface area contributed by atoms with Crippen molar-refractivity contribution in [2.45, 2.75) is 39.0 Å². The van der Waals surface area contributed by atoms with Crippen molar-refractivity contribution in [3.63, 3.8) is 0 Å². The van der Waals surface area contributed by atoms with Gasteiger partial charge in [0.15, 0.2) is 0 Å². The average Bonchev–Trinajstić information content (AvgIpc) is 3.44. The molecule has 1 N–H and O–H groups in total. The van der Waals surface area contributed by atoms with E-state index in [1.165, 1.54) is 11.3 Å². The third-order valence-electron chi connectivity index (χ3n) is 6.84. The zero-order valence-electron chi connectivity index (χ0n) is 18.6. The number of carbonyl (C=O) groups excluding carboxylic acids is 2. The lowest BCUT2D eigenvalue weighted by Crippen LogP contribution is -2.36. The van der Waals surface area contributed by atoms with E-state index in [4.69, 9.17) is 0 Å². The first-order valence-corrected chi connectivity index (χ1v) is 11.5. The number of carbonyl (C=O) groups is 2. The molecule has 0 spiro atoms. The van der Waals surface area contributed by atoms with Crippen LogP contribution in [-0.4, -0.2) is 38.0 Å². The van der Waals surface area contributed by atoms with Crippen LogP contribution in [0.25, 0.3) is 0 Å². The second kappa shape index (κ2) is 9.54. The van der Waals surface area contributed by atoms with E-state index in [-0.39, 0.29) is 17.7 Å². The van der Waals surface area contributed by atoms with Gasteiger partial charge in [-0.25, -0.2) is 0 Å². The molecule has 31 heavy (non-hydrogen) atoms. The standard InChI is InChI=1S/C26H33N3O2/c1-3-19(2)23-11-7-8-12-24(23)29-18-21(15-25(29)30)26(31)27-16-20-13-14-28(17-20)22-9-5-4-6-10-22/h4-12,19-21H,3,13-18H2,1-2H3,(H,27,31). The maximum absolute atomic E-state index is 12.8. The maximum Gasteiger partial charge on any atom is 0.227 e. The summed E-state index contributed by atoms with van der Waals surface area (Å²) in [6.45, 7) is 7.47. The molecular weight excluding hydrogens is 386 g/mol. The highest BCUT2D eigenvalue weighted by atomic mass is 16.2. The molecule has 0 aliphatic carbocycles. The Balaban J connectivity index is 1.32. The summed E-state index contributed by atoms with van der Waals surface area (Å²) in [5.41, 5.74) is 3.39. The smallest absolute Gasteiger partial charge is 0.227 e. The van der Waals surface area contributed by atoms with E-state index < -0.39 is 0 Å². The summed E-state index contributed by atoms with van der Waals surface area (Å²) in [6, 6.07) is 18.5. The van der Waals surface area contributed by atoms with Crippen LogP contribution in [-0.2, 0) is 9.59 Å². The summed E-state index contributed by atoms with van der Waals surface area (Å²) in [4.78, 5) is 29.8. The van der Waals surface area contributed by atoms with E-state index in [9.17, 15) is 9.59 Å². The van der Waals surface area contributed by atoms with Crippen LogP contribution in [0.2, 0.25) is 0 Å². The van der Waals surface area contributed by atoms with E-state index >= 15 is 0 Å². The van der Waals surface area contributed by atoms with E-state index in [0.717, 1.165) is 31.6 Å². The number of amides is 2. The van der Waals surface area contributed by atoms with E-state index in [1.54, 1.807) is 0 Å². The molecule has 2 saturated heterocycles. The summed E-state index contributed by atoms with van der Waals surface area (Å²) < 4.78 is 0. The monoisotopic (exact) mass is 419 g/mol. The van der Waals surface area contributed by atoms with Crippen molar-refractivity contribution >= 4 is 23.2 Å². The first-order chi connectivity index (χ1) is 15.1. The number of nitrogens with one attached hydrogen (secondary N) is 1. The molecule has 0 aromatic heterocycles. The number of para-hydroxylation sites is 2. The Morgan fingerprint density at radius 1 is 1.10 bits per heavy atom. The van der Waals surface area contributed by atoms with Gasteiger partial charge >= 0.3 is 0 Å². The van der Waals surface area contributed by atoms with Crippen LogP contribution < -0.4 is 15.1 Å². The largest absolute Gasteiger partial charge is 0.371 e. The molecule has 2 aliphatic heterocycles. The fourth-order valence-corrected chi connectivity index (χ4v) is 4.75. The minimum absolute atomic E-state index is 0.00929. The van der Waals surface area contributed by atoms with Crippen LogP contribution >= 0.6 is 0 Å². The molecule has 2 aromatic rings. The summed E-state index contributed by atoms with van der Waals surface area (Å²) in [6.07, 6.45) is 2.39. The van der Waals surface area contributed by atoms with E-state index in [1.807, 2.05) is 29.2 Å². The van der Waals surface area contributed by atoms with Gasteiger partial charge in [0.25, 0.3) is 0 Å². The van der Waals surface area contributed by atoms with Crippen molar-refractivity contribution in [2.24, 2.45) is 11.8 Å². The summed E-state index contributed by atoms with van der Waals surface area (Å²) in [5, 5.41) is 3.14. The second-order valence-electron chi connectivity index (χ2n) is 8.95. The number of anilines is 2. The molecular formula is C26H33N3O2. The molecule has 2 aromatic carbocycles. The zero-order chi connectivity index (χ0) is 21.8. The Bertz CT molecular complexity index is 914. The second-order valence-corrected chi connectivity index (χ2v) is 8.95. The maximum atomic E-state index is 12.8. The minimum atomic E-state index is -0.274. The summed E-state index contributed by atoms with van der Waals surface area (Å²) in [5.74, 6) is 0.612. The van der Waals surface area contributed by atoms with Gasteiger partial charge in [-0.1, -0.05) is 50.2 Å². The molecule has 2 fully saturated rings. The molecule has 3 atom stereocenters. The Hall–Kier alpha value is -2.82. The molecule has 0 bridgehead atoms. The van der Waals surface area contributed by atoms with Crippen molar-refractivity contribution in [1.29, 1.82) is 0 Å². The Morgan fingerprint density at radius 2 is 1.84 bits per heavy atom. The van der Waals surface area contributed by atoms with Crippen LogP contribution in [0.4, 0.5) is 11.4 Å². The number of rotatable bonds is 7. The van der Waals surface area contributed by atoms with Crippen molar-refractivity contribution in [2.75, 3.05) is 36.0 Å². The first-order valence-electron chi connectivity index (χ1n) is 11.5. The van der Waals surface area contributed by atoms with Crippen LogP contribution in [0.15, 0.2) is 54.6 Å². The summed E-state index contributed by atoms with van der Waals surface area (Å²) in [7, 11) is 0. The van der Waals surface area contributed by atoms with Gasteiger partial charge in [0.2, 0.25) is 11.8 Å². The predicted octanol–water partition coefficient (Wildman–Crippen LogP) is 4.20. The lowest BCUT2D eigenvalue weighted by molar-refractivity contribution is -0.126. The van der Waals surface area contributed by atoms with Gasteiger partial charge in [-0.3, -0.25) is 9.59 Å². The molecule has 3 unspecified atom stereocenters. The number of hydrogen-bond donors (Lipinski definition) is 1. The fraction of sp³-hybridized carbons (Fsp3) is 0.462. The third-order valence-corrected chi connectivity index (χ3v) is 6.84. The third kappa shape index (κ3) is 4.76. The summed E-state index contributed by atoms with van der Waals surface area (Å²) >= 11 is 0. The first kappa shape index (κ1) is 21.4. The molecule has 2 aliphatic rings. The Kier molecular flexibility index (Phi) is 6.59. The Labute approximate surface area is 185 Å². The highest BCUT2D eigenvalue weighted by molar-refractivity contribution is 6.00. The van der Waals surface area contributed by atoms with Gasteiger partial charge in [0.1, 0.15) is 0 Å². The molecule has 164 valence electrons. The van der Waals surface area contributed by atoms with Gasteiger partial charge in [0, 0.05) is 44.0 Å². The number of nitrogens with zero attached hydrogens (tertiary/aromatic N) is 2. The van der Waals surface area contributed by atoms with Gasteiger partial charge < -0.3 is 15.1 Å². The van der Waals surface area contributed by atoms with Crippen molar-refractivity contribution in [3.05, 3.63) is 60.2 Å². The fourth-order valence-electron chi connectivity index (χ4n) is 4.75. The van der Waals surface area contributed by atoms with Gasteiger partial charge in [0.05, 0.1) is 5.92 Å². The lowest BCUT2D eigenvalue weighted by Gasteiger charge is -2.23. The molecule has 2 amide bonds. The van der Waals surface area contributed by atoms with Crippen LogP contribution in [0.1, 0.15) is 44.6 Å². The number of hydrogen-bond acceptors (Lipinski definition) is 3. The predicted molar refractivity (Wildman–Crippen MR) is 125 cm³/mol. The van der Waals surface area contributed by atoms with Crippen molar-refractivity contribution in [1.82, 2.24) is 5.32 Å². The average molecular weight is 420 g/mol. The number of benzene rings is 2. The molecule has 0 radical (unpaired) electrons. The molecule has 5 heteroatoms. The van der Waals surface area contributed by atoms with Crippen molar-refractivity contribution < 1.29 is 9.59 Å². The van der Waals surface area contributed by atoms with Crippen LogP contribution in [0.3, 0.4) is 0 Å². The van der Waals surface area contributed by atoms with Gasteiger partial charge in [-0.05, 0) is 48.4 Å². The zero-order valence-corrected chi connectivity index (χ0v) is 18.6. The van der Waals surface area contributed by atoms with Gasteiger partial charge in [-0.2, -0.15) is 0 Å². The quantitative estimate of drug-likeness (QED) is 0.732. The van der Waals surface area contributed by atoms with Crippen molar-refractivity contribution in [3.8, 4) is 0 Å². The molecule has 5 nitrogen and oxygen atoms in total. The van der Waals surface area contributed by atoms with Crippen LogP contribution in [0, 0.1) is 11.8 Å². The SMILES string of the molecule is CCC(C)c1ccccc1N1CC(C(=O)NCC2CCN(c3ccccc3)C2)CC1=O. The van der Waals surface area contributed by atoms with Gasteiger partial charge in [-0.15, -0.1) is 0 Å². The topological polar surface area (TPSA) is 52.7 Å². The van der Waals surface area contributed by atoms with E-state index in [2.05, 4.69) is 54.4 Å². The van der Waals surface area contributed by atoms with E-state index in [0.29, 0.717) is 31.3 Å². The lowest BCUT2D eigenvalue weighted by atomic mass is 9.96.